The molecule has 0 aliphatic heterocycles. The smallest absolute Gasteiger partial charge is 0.324 e. The molecule has 0 amide bonds. The Morgan fingerprint density at radius 2 is 0.375 bits per heavy atom. The first-order chi connectivity index (χ1) is 32.6. The normalized spacial score (nSPS) is 13.6. The fourth-order valence-corrected chi connectivity index (χ4v) is 11.4. The van der Waals surface area contributed by atoms with Crippen LogP contribution in [0.15, 0.2) is 97.1 Å². The molecule has 3 nitrogen and oxygen atoms in total. The summed E-state index contributed by atoms with van der Waals surface area (Å²) in [6.45, 7) is 58.4. The quantitative estimate of drug-likeness (QED) is 0.154. The Morgan fingerprint density at radius 1 is 0.222 bits per heavy atom. The van der Waals surface area contributed by atoms with Gasteiger partial charge in [-0.15, -0.1) is 0 Å². The first kappa shape index (κ1) is 56.9. The van der Waals surface area contributed by atoms with E-state index in [2.05, 4.69) is 263 Å². The van der Waals surface area contributed by atoms with Crippen LogP contribution in [0.2, 0.25) is 0 Å². The Kier molecular flexibility index (Phi) is 15.1. The monoisotopic (exact) mass is 987 g/mol. The molecule has 0 unspecified atom stereocenters. The summed E-state index contributed by atoms with van der Waals surface area (Å²) in [7, 11) is -2.62. The van der Waals surface area contributed by atoms with Gasteiger partial charge < -0.3 is 14.7 Å². The SMILES string of the molecule is CC(C)(C)c1cccc(C(C)(C)C)c1-c1c(-c2c(C(C)(C)C)cccc2C(C)(C)C)c(-c2c(C(C)(C)C)cccc2C(C)(C)C)c2c(c1-c1c(C(C)(C)C)cccc1C(C)(C)C)=c1ccccc1=2.OP(O)O. The van der Waals surface area contributed by atoms with Crippen LogP contribution in [0.4, 0.5) is 0 Å². The second-order valence-electron chi connectivity index (χ2n) is 29.0. The first-order valence-corrected chi connectivity index (χ1v) is 27.6. The summed E-state index contributed by atoms with van der Waals surface area (Å²) in [4.78, 5) is 21.7. The van der Waals surface area contributed by atoms with Crippen molar-refractivity contribution in [3.8, 4) is 44.5 Å². The van der Waals surface area contributed by atoms with Gasteiger partial charge in [-0.05, 0) is 153 Å². The average Bonchev–Trinajstić information content (AvgIpc) is 3.20. The summed E-state index contributed by atoms with van der Waals surface area (Å²) in [6, 6.07) is 38.5. The van der Waals surface area contributed by atoms with Gasteiger partial charge in [0.1, 0.15) is 0 Å². The lowest BCUT2D eigenvalue weighted by molar-refractivity contribution is 0.368. The molecule has 4 heteroatoms. The van der Waals surface area contributed by atoms with Gasteiger partial charge in [-0.25, -0.2) is 0 Å². The van der Waals surface area contributed by atoms with Crippen LogP contribution in [0.5, 0.6) is 0 Å². The lowest BCUT2D eigenvalue weighted by Gasteiger charge is -2.39. The van der Waals surface area contributed by atoms with Crippen LogP contribution in [-0.4, -0.2) is 14.7 Å². The Bertz CT molecular complexity index is 2870. The minimum Gasteiger partial charge on any atom is -0.328 e. The van der Waals surface area contributed by atoms with Gasteiger partial charge in [-0.1, -0.05) is 263 Å². The molecular formula is C68H91O3P. The third-order valence-corrected chi connectivity index (χ3v) is 14.7. The molecule has 0 aromatic heterocycles. The van der Waals surface area contributed by atoms with Crippen molar-refractivity contribution in [2.75, 3.05) is 0 Å². The number of hydrogen-bond acceptors (Lipinski definition) is 3. The highest BCUT2D eigenvalue weighted by Gasteiger charge is 2.40. The maximum atomic E-state index is 7.23. The molecule has 0 fully saturated rings. The standard InChI is InChI=1S/C68H88.H3O3P/c1-61(2,3)43-33-27-34-44(62(4,5)6)53(43)57-51-41-31-25-26-32-42(41)52(51)58(54-45(63(7,8)9)35-28-36-46(54)64(10,11)12)60(56-49(67(19,20)21)39-30-40-50(56)68(22,23)24)59(57)55-47(65(13,14)15)37-29-38-48(55)66(16,17)18;1-4(2)3/h25-40H,1-24H3;1-3H. The van der Waals surface area contributed by atoms with Gasteiger partial charge in [-0.2, -0.15) is 0 Å². The van der Waals surface area contributed by atoms with Crippen molar-refractivity contribution in [3.05, 3.63) is 162 Å². The number of fused-ring (bicyclic) bond motifs is 2. The summed E-state index contributed by atoms with van der Waals surface area (Å²) >= 11 is 0. The van der Waals surface area contributed by atoms with Crippen LogP contribution >= 0.6 is 8.60 Å². The van der Waals surface area contributed by atoms with Crippen LogP contribution < -0.4 is 0 Å². The minimum atomic E-state index is -2.62. The van der Waals surface area contributed by atoms with Gasteiger partial charge in [0, 0.05) is 0 Å². The molecule has 0 saturated heterocycles. The van der Waals surface area contributed by atoms with Gasteiger partial charge >= 0.3 is 8.60 Å². The molecule has 0 spiro atoms. The maximum absolute atomic E-state index is 7.23. The van der Waals surface area contributed by atoms with Crippen LogP contribution in [0.3, 0.4) is 0 Å². The molecule has 0 radical (unpaired) electrons. The highest BCUT2D eigenvalue weighted by Crippen LogP contribution is 2.59. The molecule has 1 aliphatic carbocycles. The lowest BCUT2D eigenvalue weighted by atomic mass is 9.64. The van der Waals surface area contributed by atoms with E-state index in [1.165, 1.54) is 110 Å². The summed E-state index contributed by atoms with van der Waals surface area (Å²) in [6.07, 6.45) is 0. The lowest BCUT2D eigenvalue weighted by Crippen LogP contribution is -2.24. The predicted octanol–water partition coefficient (Wildman–Crippen LogP) is 18.8. The largest absolute Gasteiger partial charge is 0.328 e. The zero-order valence-corrected chi connectivity index (χ0v) is 49.9. The molecular weight excluding hydrogens is 896 g/mol. The molecule has 6 aromatic rings. The molecule has 72 heavy (non-hydrogen) atoms. The zero-order valence-electron chi connectivity index (χ0n) is 49.0. The molecule has 386 valence electrons. The molecule has 7 rings (SSSR count). The van der Waals surface area contributed by atoms with E-state index >= 15 is 0 Å². The van der Waals surface area contributed by atoms with Gasteiger partial charge in [0.25, 0.3) is 0 Å². The van der Waals surface area contributed by atoms with E-state index in [1.54, 1.807) is 0 Å². The fourth-order valence-electron chi connectivity index (χ4n) is 11.4. The van der Waals surface area contributed by atoms with Crippen LogP contribution in [-0.2, 0) is 43.3 Å². The van der Waals surface area contributed by atoms with Crippen molar-refractivity contribution in [3.63, 3.8) is 0 Å². The van der Waals surface area contributed by atoms with Crippen molar-refractivity contribution < 1.29 is 14.7 Å². The van der Waals surface area contributed by atoms with Gasteiger partial charge in [0.15, 0.2) is 0 Å². The van der Waals surface area contributed by atoms with E-state index in [4.69, 9.17) is 14.7 Å². The summed E-state index contributed by atoms with van der Waals surface area (Å²) < 4.78 is 0. The molecule has 0 atom stereocenters. The summed E-state index contributed by atoms with van der Waals surface area (Å²) in [5.41, 5.74) is 20.9. The summed E-state index contributed by atoms with van der Waals surface area (Å²) in [5, 5.41) is 5.50. The highest BCUT2D eigenvalue weighted by atomic mass is 31.2. The summed E-state index contributed by atoms with van der Waals surface area (Å²) in [5.74, 6) is 0. The Morgan fingerprint density at radius 3 is 0.528 bits per heavy atom. The molecule has 1 aliphatic rings. The van der Waals surface area contributed by atoms with Crippen LogP contribution in [0, 0.1) is 20.9 Å². The predicted molar refractivity (Wildman–Crippen MR) is 313 cm³/mol. The molecule has 0 heterocycles. The Balaban J connectivity index is 0.00000204. The van der Waals surface area contributed by atoms with E-state index in [1.807, 2.05) is 0 Å². The van der Waals surface area contributed by atoms with E-state index in [0.717, 1.165) is 0 Å². The molecule has 3 N–H and O–H groups in total. The number of rotatable bonds is 4. The number of benzene rings is 6. The van der Waals surface area contributed by atoms with Crippen molar-refractivity contribution in [2.45, 2.75) is 209 Å². The highest BCUT2D eigenvalue weighted by molar-refractivity contribution is 7.38. The molecule has 6 aromatic carbocycles. The maximum Gasteiger partial charge on any atom is 0.324 e. The van der Waals surface area contributed by atoms with E-state index in [0.29, 0.717) is 0 Å². The van der Waals surface area contributed by atoms with E-state index in [-0.39, 0.29) is 43.3 Å². The second-order valence-corrected chi connectivity index (χ2v) is 29.5. The van der Waals surface area contributed by atoms with Crippen molar-refractivity contribution in [1.82, 2.24) is 0 Å². The zero-order chi connectivity index (χ0) is 54.4. The van der Waals surface area contributed by atoms with Crippen molar-refractivity contribution in [1.29, 1.82) is 0 Å². The fraction of sp³-hybridized carbons (Fsp3) is 0.471. The van der Waals surface area contributed by atoms with E-state index < -0.39 is 8.60 Å². The van der Waals surface area contributed by atoms with Crippen molar-refractivity contribution in [2.24, 2.45) is 0 Å². The van der Waals surface area contributed by atoms with Gasteiger partial charge in [-0.3, -0.25) is 0 Å². The van der Waals surface area contributed by atoms with Crippen LogP contribution in [0.1, 0.15) is 211 Å². The van der Waals surface area contributed by atoms with Crippen molar-refractivity contribution >= 4 is 8.60 Å². The van der Waals surface area contributed by atoms with Gasteiger partial charge in [0.05, 0.1) is 0 Å². The van der Waals surface area contributed by atoms with E-state index in [9.17, 15) is 0 Å². The average molecular weight is 987 g/mol. The molecule has 0 bridgehead atoms. The molecule has 0 saturated carbocycles. The second kappa shape index (κ2) is 19.1. The van der Waals surface area contributed by atoms with Crippen LogP contribution in [0.25, 0.3) is 44.5 Å². The first-order valence-electron chi connectivity index (χ1n) is 26.4. The third-order valence-electron chi connectivity index (χ3n) is 14.7. The van der Waals surface area contributed by atoms with Gasteiger partial charge in [0.2, 0.25) is 0 Å². The Hall–Kier alpha value is -4.37. The minimum absolute atomic E-state index is 0.155. The Labute approximate surface area is 437 Å². The third kappa shape index (κ3) is 10.9. The topological polar surface area (TPSA) is 60.7 Å². The number of hydrogen-bond donors (Lipinski definition) is 3.